The summed E-state index contributed by atoms with van der Waals surface area (Å²) in [4.78, 5) is 20.6. The van der Waals surface area contributed by atoms with Crippen molar-refractivity contribution >= 4 is 18.1 Å². The molecule has 30 heavy (non-hydrogen) atoms. The topological polar surface area (TPSA) is 97.7 Å². The van der Waals surface area contributed by atoms with E-state index < -0.39 is 5.91 Å². The number of carbonyl (C=O) groups excluding carboxylic acids is 1. The van der Waals surface area contributed by atoms with Crippen molar-refractivity contribution in [3.8, 4) is 11.6 Å². The molecule has 0 spiro atoms. The van der Waals surface area contributed by atoms with Crippen LogP contribution in [0, 0.1) is 6.92 Å². The maximum Gasteiger partial charge on any atom is 0.278 e. The lowest BCUT2D eigenvalue weighted by Gasteiger charge is -2.09. The minimum atomic E-state index is -0.406. The van der Waals surface area contributed by atoms with E-state index in [1.165, 1.54) is 6.21 Å². The molecule has 0 unspecified atom stereocenters. The van der Waals surface area contributed by atoms with E-state index in [9.17, 15) is 4.79 Å². The minimum Gasteiger partial charge on any atom is -0.496 e. The molecule has 8 heteroatoms. The summed E-state index contributed by atoms with van der Waals surface area (Å²) in [7, 11) is 1.58. The lowest BCUT2D eigenvalue weighted by Crippen LogP contribution is -2.25. The van der Waals surface area contributed by atoms with Gasteiger partial charge in [0, 0.05) is 23.9 Å². The highest BCUT2D eigenvalue weighted by Crippen LogP contribution is 2.15. The molecule has 1 heterocycles. The average Bonchev–Trinajstić information content (AvgIpc) is 2.77. The summed E-state index contributed by atoms with van der Waals surface area (Å²) in [6.07, 6.45) is 1.51. The quantitative estimate of drug-likeness (QED) is 0.420. The van der Waals surface area contributed by atoms with Crippen LogP contribution in [0.3, 0.4) is 0 Å². The van der Waals surface area contributed by atoms with Gasteiger partial charge in [0.25, 0.3) is 5.91 Å². The van der Waals surface area contributed by atoms with Crippen LogP contribution in [-0.4, -0.2) is 35.8 Å². The highest BCUT2D eigenvalue weighted by Gasteiger charge is 2.07. The highest BCUT2D eigenvalue weighted by atomic mass is 16.5. The summed E-state index contributed by atoms with van der Waals surface area (Å²) in [5.74, 6) is 1.00. The summed E-state index contributed by atoms with van der Waals surface area (Å²) in [6.45, 7) is 2.19. The molecule has 0 fully saturated rings. The van der Waals surface area contributed by atoms with Gasteiger partial charge in [0.2, 0.25) is 11.8 Å². The molecular weight excluding hydrogens is 382 g/mol. The first kappa shape index (κ1) is 20.8. The van der Waals surface area contributed by atoms with Gasteiger partial charge < -0.3 is 14.8 Å². The molecule has 0 atom stereocenters. The third kappa shape index (κ3) is 6.30. The van der Waals surface area contributed by atoms with Gasteiger partial charge in [-0.1, -0.05) is 42.5 Å². The molecule has 0 bridgehead atoms. The highest BCUT2D eigenvalue weighted by molar-refractivity contribution is 5.85. The molecule has 0 saturated carbocycles. The standard InChI is InChI=1S/C22H23N5O3/c1-16-12-21(26-22(25-16)23-13-17-8-4-3-5-9-17)30-15-20(28)27-24-14-18-10-6-7-11-19(18)29-2/h3-12,14H,13,15H2,1-2H3,(H,27,28)(H,23,25,26). The zero-order valence-electron chi connectivity index (χ0n) is 16.8. The molecule has 1 aromatic heterocycles. The zero-order chi connectivity index (χ0) is 21.2. The van der Waals surface area contributed by atoms with E-state index in [-0.39, 0.29) is 6.61 Å². The van der Waals surface area contributed by atoms with Gasteiger partial charge in [-0.15, -0.1) is 0 Å². The number of nitrogens with one attached hydrogen (secondary N) is 2. The fraction of sp³-hybridized carbons (Fsp3) is 0.182. The number of benzene rings is 2. The van der Waals surface area contributed by atoms with Crippen molar-refractivity contribution < 1.29 is 14.3 Å². The Balaban J connectivity index is 1.51. The van der Waals surface area contributed by atoms with Crippen LogP contribution in [0.1, 0.15) is 16.8 Å². The Hall–Kier alpha value is -3.94. The van der Waals surface area contributed by atoms with Gasteiger partial charge in [-0.3, -0.25) is 4.79 Å². The molecule has 0 aliphatic carbocycles. The van der Waals surface area contributed by atoms with E-state index in [0.29, 0.717) is 24.1 Å². The van der Waals surface area contributed by atoms with Gasteiger partial charge in [0.15, 0.2) is 6.61 Å². The third-order valence-electron chi connectivity index (χ3n) is 4.01. The van der Waals surface area contributed by atoms with Gasteiger partial charge in [-0.05, 0) is 24.6 Å². The van der Waals surface area contributed by atoms with Crippen LogP contribution in [0.25, 0.3) is 0 Å². The van der Waals surface area contributed by atoms with Gasteiger partial charge in [0.1, 0.15) is 5.75 Å². The van der Waals surface area contributed by atoms with Crippen LogP contribution < -0.4 is 20.2 Å². The molecule has 2 aromatic carbocycles. The van der Waals surface area contributed by atoms with Crippen molar-refractivity contribution in [1.82, 2.24) is 15.4 Å². The molecule has 2 N–H and O–H groups in total. The molecule has 0 aliphatic heterocycles. The number of methoxy groups -OCH3 is 1. The van der Waals surface area contributed by atoms with Crippen LogP contribution >= 0.6 is 0 Å². The number of hydrazone groups is 1. The molecule has 0 aliphatic rings. The Bertz CT molecular complexity index is 1010. The average molecular weight is 405 g/mol. The SMILES string of the molecule is COc1ccccc1C=NNC(=O)COc1cc(C)nc(NCc2ccccc2)n1. The molecule has 8 nitrogen and oxygen atoms in total. The van der Waals surface area contributed by atoms with Crippen molar-refractivity contribution in [1.29, 1.82) is 0 Å². The predicted molar refractivity (Wildman–Crippen MR) is 115 cm³/mol. The Kier molecular flexibility index (Phi) is 7.32. The summed E-state index contributed by atoms with van der Waals surface area (Å²) < 4.78 is 10.7. The van der Waals surface area contributed by atoms with Gasteiger partial charge >= 0.3 is 0 Å². The molecule has 1 amide bonds. The maximum atomic E-state index is 12.0. The number of nitrogens with zero attached hydrogens (tertiary/aromatic N) is 3. The molecular formula is C22H23N5O3. The lowest BCUT2D eigenvalue weighted by molar-refractivity contribution is -0.123. The summed E-state index contributed by atoms with van der Waals surface area (Å²) >= 11 is 0. The first-order valence-electron chi connectivity index (χ1n) is 9.35. The number of carbonyl (C=O) groups is 1. The molecule has 0 saturated heterocycles. The molecule has 154 valence electrons. The molecule has 3 rings (SSSR count). The number of aryl methyl sites for hydroxylation is 1. The van der Waals surface area contributed by atoms with Gasteiger partial charge in [-0.2, -0.15) is 10.1 Å². The Morgan fingerprint density at radius 1 is 1.10 bits per heavy atom. The number of amides is 1. The van der Waals surface area contributed by atoms with Crippen molar-refractivity contribution in [2.45, 2.75) is 13.5 Å². The normalized spacial score (nSPS) is 10.6. The Labute approximate surface area is 175 Å². The second-order valence-corrected chi connectivity index (χ2v) is 6.33. The first-order valence-corrected chi connectivity index (χ1v) is 9.35. The van der Waals surface area contributed by atoms with Crippen molar-refractivity contribution in [3.63, 3.8) is 0 Å². The zero-order valence-corrected chi connectivity index (χ0v) is 16.8. The van der Waals surface area contributed by atoms with E-state index in [0.717, 1.165) is 16.8 Å². The van der Waals surface area contributed by atoms with E-state index >= 15 is 0 Å². The van der Waals surface area contributed by atoms with Crippen molar-refractivity contribution in [3.05, 3.63) is 77.5 Å². The Morgan fingerprint density at radius 3 is 2.67 bits per heavy atom. The van der Waals surface area contributed by atoms with E-state index in [2.05, 4.69) is 25.8 Å². The number of para-hydroxylation sites is 1. The largest absolute Gasteiger partial charge is 0.496 e. The van der Waals surface area contributed by atoms with Crippen molar-refractivity contribution in [2.75, 3.05) is 19.0 Å². The second-order valence-electron chi connectivity index (χ2n) is 6.33. The van der Waals surface area contributed by atoms with Crippen molar-refractivity contribution in [2.24, 2.45) is 5.10 Å². The fourth-order valence-corrected chi connectivity index (χ4v) is 2.59. The van der Waals surface area contributed by atoms with E-state index in [1.807, 2.05) is 61.5 Å². The third-order valence-corrected chi connectivity index (χ3v) is 4.01. The summed E-state index contributed by atoms with van der Waals surface area (Å²) in [5.41, 5.74) is 5.01. The minimum absolute atomic E-state index is 0.224. The number of hydrogen-bond donors (Lipinski definition) is 2. The number of hydrogen-bond acceptors (Lipinski definition) is 7. The molecule has 0 radical (unpaired) electrons. The van der Waals surface area contributed by atoms with Crippen LogP contribution in [0.4, 0.5) is 5.95 Å². The molecule has 3 aromatic rings. The number of aromatic nitrogens is 2. The van der Waals surface area contributed by atoms with Crippen LogP contribution in [-0.2, 0) is 11.3 Å². The van der Waals surface area contributed by atoms with E-state index in [1.54, 1.807) is 13.2 Å². The predicted octanol–water partition coefficient (Wildman–Crippen LogP) is 2.93. The summed E-state index contributed by atoms with van der Waals surface area (Å²) in [6, 6.07) is 18.9. The Morgan fingerprint density at radius 2 is 1.87 bits per heavy atom. The van der Waals surface area contributed by atoms with Crippen LogP contribution in [0.2, 0.25) is 0 Å². The van der Waals surface area contributed by atoms with Crippen LogP contribution in [0.5, 0.6) is 11.6 Å². The second kappa shape index (κ2) is 10.6. The number of ether oxygens (including phenoxy) is 2. The summed E-state index contributed by atoms with van der Waals surface area (Å²) in [5, 5.41) is 7.09. The first-order chi connectivity index (χ1) is 14.6. The maximum absolute atomic E-state index is 12.0. The monoisotopic (exact) mass is 405 g/mol. The number of anilines is 1. The number of rotatable bonds is 9. The lowest BCUT2D eigenvalue weighted by atomic mass is 10.2. The van der Waals surface area contributed by atoms with Crippen LogP contribution in [0.15, 0.2) is 65.8 Å². The fourth-order valence-electron chi connectivity index (χ4n) is 2.59. The van der Waals surface area contributed by atoms with E-state index in [4.69, 9.17) is 9.47 Å². The smallest absolute Gasteiger partial charge is 0.278 e. The van der Waals surface area contributed by atoms with Gasteiger partial charge in [-0.25, -0.2) is 10.4 Å². The van der Waals surface area contributed by atoms with Gasteiger partial charge in [0.05, 0.1) is 13.3 Å².